The van der Waals surface area contributed by atoms with Gasteiger partial charge in [-0.25, -0.2) is 0 Å². The highest BCUT2D eigenvalue weighted by Gasteiger charge is 2.27. The Labute approximate surface area is 214 Å². The lowest BCUT2D eigenvalue weighted by Crippen LogP contribution is -3.28. The van der Waals surface area contributed by atoms with E-state index in [9.17, 15) is 10.2 Å². The van der Waals surface area contributed by atoms with E-state index >= 15 is 0 Å². The number of fused-ring (bicyclic) bond motifs is 2. The number of aryl methyl sites for hydroxylation is 2. The summed E-state index contributed by atoms with van der Waals surface area (Å²) in [6.07, 6.45) is -0.733. The van der Waals surface area contributed by atoms with Gasteiger partial charge in [-0.15, -0.1) is 0 Å². The molecule has 2 aromatic carbocycles. The molecule has 0 bridgehead atoms. The SMILES string of the molecule is Cc1c(C)n(CC(O)C[NH+]2CC[NH+](CC(O)Cn3c(C)c(C)c4ccccc43)CC2)c2ccccc12. The van der Waals surface area contributed by atoms with E-state index in [0.717, 1.165) is 39.3 Å². The number of piperazine rings is 1. The maximum atomic E-state index is 10.9. The number of rotatable bonds is 8. The van der Waals surface area contributed by atoms with Gasteiger partial charge in [-0.2, -0.15) is 0 Å². The normalized spacial score (nSPS) is 20.3. The van der Waals surface area contributed by atoms with Crippen LogP contribution in [0.4, 0.5) is 0 Å². The number of aromatic nitrogens is 2. The van der Waals surface area contributed by atoms with Crippen LogP contribution in [0.5, 0.6) is 0 Å². The summed E-state index contributed by atoms with van der Waals surface area (Å²) in [4.78, 5) is 2.93. The van der Waals surface area contributed by atoms with Crippen molar-refractivity contribution in [2.45, 2.75) is 53.0 Å². The molecule has 0 spiro atoms. The van der Waals surface area contributed by atoms with Gasteiger partial charge < -0.3 is 29.1 Å². The van der Waals surface area contributed by atoms with Gasteiger partial charge in [-0.3, -0.25) is 0 Å². The van der Waals surface area contributed by atoms with Gasteiger partial charge >= 0.3 is 0 Å². The second-order valence-electron chi connectivity index (χ2n) is 10.9. The lowest BCUT2D eigenvalue weighted by atomic mass is 10.2. The fourth-order valence-corrected chi connectivity index (χ4v) is 6.26. The number of aliphatic hydroxyl groups excluding tert-OH is 2. The quantitative estimate of drug-likeness (QED) is 0.298. The van der Waals surface area contributed by atoms with Gasteiger partial charge in [0.1, 0.15) is 51.5 Å². The Kier molecular flexibility index (Phi) is 7.22. The number of benzene rings is 2. The van der Waals surface area contributed by atoms with Crippen LogP contribution in [0.15, 0.2) is 48.5 Å². The molecule has 6 nitrogen and oxygen atoms in total. The first-order chi connectivity index (χ1) is 17.3. The van der Waals surface area contributed by atoms with Crippen LogP contribution in [0.1, 0.15) is 22.5 Å². The summed E-state index contributed by atoms with van der Waals surface area (Å²) in [5, 5.41) is 24.5. The summed E-state index contributed by atoms with van der Waals surface area (Å²) in [5.74, 6) is 0. The minimum atomic E-state index is -0.366. The molecule has 0 amide bonds. The monoisotopic (exact) mass is 490 g/mol. The molecule has 0 saturated carbocycles. The molecular formula is C30H42N4O2+2. The Bertz CT molecular complexity index is 1240. The Morgan fingerprint density at radius 2 is 1.00 bits per heavy atom. The van der Waals surface area contributed by atoms with Gasteiger partial charge in [-0.1, -0.05) is 36.4 Å². The molecule has 2 unspecified atom stereocenters. The molecule has 4 N–H and O–H groups in total. The molecule has 2 aromatic heterocycles. The van der Waals surface area contributed by atoms with E-state index in [-0.39, 0.29) is 12.2 Å². The number of nitrogens with one attached hydrogen (secondary N) is 2. The fourth-order valence-electron chi connectivity index (χ4n) is 6.26. The van der Waals surface area contributed by atoms with Crippen molar-refractivity contribution >= 4 is 21.8 Å². The number of hydrogen-bond donors (Lipinski definition) is 4. The number of aliphatic hydroxyl groups is 2. The lowest BCUT2D eigenvalue weighted by molar-refractivity contribution is -1.01. The highest BCUT2D eigenvalue weighted by Crippen LogP contribution is 2.26. The van der Waals surface area contributed by atoms with E-state index in [1.807, 2.05) is 0 Å². The molecule has 1 saturated heterocycles. The molecule has 36 heavy (non-hydrogen) atoms. The summed E-state index contributed by atoms with van der Waals surface area (Å²) in [6.45, 7) is 15.6. The molecule has 4 aromatic rings. The second kappa shape index (κ2) is 10.4. The molecule has 0 radical (unpaired) electrons. The third-order valence-corrected chi connectivity index (χ3v) is 8.59. The highest BCUT2D eigenvalue weighted by atomic mass is 16.3. The van der Waals surface area contributed by atoms with Crippen molar-refractivity contribution in [1.82, 2.24) is 9.13 Å². The van der Waals surface area contributed by atoms with E-state index in [0.29, 0.717) is 13.1 Å². The van der Waals surface area contributed by atoms with Gasteiger partial charge in [-0.05, 0) is 51.0 Å². The van der Waals surface area contributed by atoms with Crippen LogP contribution in [0, 0.1) is 27.7 Å². The number of quaternary nitrogens is 2. The smallest absolute Gasteiger partial charge is 0.127 e. The van der Waals surface area contributed by atoms with E-state index < -0.39 is 0 Å². The Hall–Kier alpha value is -2.64. The zero-order valence-corrected chi connectivity index (χ0v) is 22.2. The first-order valence-electron chi connectivity index (χ1n) is 13.5. The van der Waals surface area contributed by atoms with Crippen LogP contribution < -0.4 is 9.80 Å². The number of para-hydroxylation sites is 2. The lowest BCUT2D eigenvalue weighted by Gasteiger charge is -2.32. The molecule has 6 heteroatoms. The van der Waals surface area contributed by atoms with Crippen molar-refractivity contribution in [2.24, 2.45) is 0 Å². The average Bonchev–Trinajstić information content (AvgIpc) is 3.26. The molecule has 192 valence electrons. The summed E-state index contributed by atoms with van der Waals surface area (Å²) in [7, 11) is 0. The van der Waals surface area contributed by atoms with Crippen LogP contribution >= 0.6 is 0 Å². The Morgan fingerprint density at radius 3 is 1.39 bits per heavy atom. The minimum Gasteiger partial charge on any atom is -0.385 e. The summed E-state index contributed by atoms with van der Waals surface area (Å²) in [5.41, 5.74) is 7.53. The van der Waals surface area contributed by atoms with Crippen LogP contribution in [0.3, 0.4) is 0 Å². The maximum absolute atomic E-state index is 10.9. The van der Waals surface area contributed by atoms with Crippen LogP contribution in [0.25, 0.3) is 21.8 Å². The van der Waals surface area contributed by atoms with Crippen LogP contribution in [-0.4, -0.2) is 70.8 Å². The molecule has 2 atom stereocenters. The van der Waals surface area contributed by atoms with Crippen molar-refractivity contribution in [3.63, 3.8) is 0 Å². The highest BCUT2D eigenvalue weighted by molar-refractivity contribution is 5.86. The van der Waals surface area contributed by atoms with Crippen LogP contribution in [-0.2, 0) is 13.1 Å². The molecule has 3 heterocycles. The van der Waals surface area contributed by atoms with Gasteiger partial charge in [0, 0.05) is 33.2 Å². The second-order valence-corrected chi connectivity index (χ2v) is 10.9. The third-order valence-electron chi connectivity index (χ3n) is 8.59. The van der Waals surface area contributed by atoms with E-state index in [1.54, 1.807) is 0 Å². The summed E-state index contributed by atoms with van der Waals surface area (Å²) >= 11 is 0. The third kappa shape index (κ3) is 4.83. The van der Waals surface area contributed by atoms with Gasteiger partial charge in [0.05, 0.1) is 13.1 Å². The van der Waals surface area contributed by atoms with Crippen molar-refractivity contribution in [1.29, 1.82) is 0 Å². The van der Waals surface area contributed by atoms with E-state index in [1.165, 1.54) is 54.1 Å². The molecular weight excluding hydrogens is 448 g/mol. The Morgan fingerprint density at radius 1 is 0.639 bits per heavy atom. The van der Waals surface area contributed by atoms with E-state index in [4.69, 9.17) is 0 Å². The molecule has 0 aliphatic carbocycles. The molecule has 1 aliphatic rings. The average molecular weight is 491 g/mol. The molecule has 1 fully saturated rings. The predicted octanol–water partition coefficient (Wildman–Crippen LogP) is 1.04. The zero-order chi connectivity index (χ0) is 25.4. The molecule has 1 aliphatic heterocycles. The topological polar surface area (TPSA) is 59.2 Å². The van der Waals surface area contributed by atoms with Gasteiger partial charge in [0.15, 0.2) is 0 Å². The van der Waals surface area contributed by atoms with Crippen molar-refractivity contribution in [2.75, 3.05) is 39.3 Å². The Balaban J connectivity index is 1.13. The number of nitrogens with zero attached hydrogens (tertiary/aromatic N) is 2. The summed E-state index contributed by atoms with van der Waals surface area (Å²) in [6, 6.07) is 17.0. The predicted molar refractivity (Wildman–Crippen MR) is 146 cm³/mol. The van der Waals surface area contributed by atoms with Gasteiger partial charge in [0.25, 0.3) is 0 Å². The van der Waals surface area contributed by atoms with Crippen LogP contribution in [0.2, 0.25) is 0 Å². The fraction of sp³-hybridized carbons (Fsp3) is 0.467. The maximum Gasteiger partial charge on any atom is 0.127 e. The van der Waals surface area contributed by atoms with Gasteiger partial charge in [0.2, 0.25) is 0 Å². The molecule has 5 rings (SSSR count). The van der Waals surface area contributed by atoms with E-state index in [2.05, 4.69) is 85.4 Å². The van der Waals surface area contributed by atoms with Crippen molar-refractivity contribution < 1.29 is 20.0 Å². The summed E-state index contributed by atoms with van der Waals surface area (Å²) < 4.78 is 4.56. The first kappa shape index (κ1) is 25.0. The zero-order valence-electron chi connectivity index (χ0n) is 22.2. The first-order valence-corrected chi connectivity index (χ1v) is 13.5. The van der Waals surface area contributed by atoms with Crippen molar-refractivity contribution in [3.8, 4) is 0 Å². The standard InChI is InChI=1S/C30H40N4O2/c1-21-23(3)33(29-11-7-5-9-27(21)29)19-25(35)17-31-13-15-32(16-14-31)18-26(36)20-34-24(4)22(2)28-10-6-8-12-30(28)34/h5-12,25-26,35-36H,13-20H2,1-4H3/p+2. The number of hydrogen-bond acceptors (Lipinski definition) is 2. The van der Waals surface area contributed by atoms with Crippen molar-refractivity contribution in [3.05, 3.63) is 71.0 Å². The largest absolute Gasteiger partial charge is 0.385 e. The minimum absolute atomic E-state index is 0.366.